The van der Waals surface area contributed by atoms with Crippen molar-refractivity contribution in [1.82, 2.24) is 10.1 Å². The molecule has 1 aliphatic rings. The van der Waals surface area contributed by atoms with Gasteiger partial charge in [0.2, 0.25) is 11.7 Å². The van der Waals surface area contributed by atoms with Crippen LogP contribution in [0.1, 0.15) is 30.0 Å². The standard InChI is InChI=1S/C21H22N4O4S/c1-3-27-17-9-14(8-15-10-26-11-28-19(15)17)18(20(22)30)24-16-6-4-13(5-7-16)21-23-12(2)29-25-21/h4-9,18,24H,3,10-11H2,1-2H3,(H2,22,30). The average Bonchev–Trinajstić information content (AvgIpc) is 3.18. The molecular weight excluding hydrogens is 404 g/mol. The molecule has 0 saturated heterocycles. The summed E-state index contributed by atoms with van der Waals surface area (Å²) in [6, 6.07) is 11.1. The fourth-order valence-corrected chi connectivity index (χ4v) is 3.45. The first-order valence-corrected chi connectivity index (χ1v) is 9.92. The molecule has 3 aromatic rings. The zero-order valence-electron chi connectivity index (χ0n) is 16.7. The summed E-state index contributed by atoms with van der Waals surface area (Å²) < 4.78 is 21.9. The summed E-state index contributed by atoms with van der Waals surface area (Å²) in [6.45, 7) is 4.84. The van der Waals surface area contributed by atoms with Crippen molar-refractivity contribution < 1.29 is 18.7 Å². The van der Waals surface area contributed by atoms with E-state index in [9.17, 15) is 0 Å². The summed E-state index contributed by atoms with van der Waals surface area (Å²) in [5.74, 6) is 2.42. The van der Waals surface area contributed by atoms with Gasteiger partial charge in [-0.25, -0.2) is 0 Å². The number of ether oxygens (including phenoxy) is 3. The number of rotatable bonds is 7. The third-order valence-electron chi connectivity index (χ3n) is 4.60. The Morgan fingerprint density at radius 2 is 2.10 bits per heavy atom. The molecule has 0 saturated carbocycles. The van der Waals surface area contributed by atoms with Crippen LogP contribution in [0.25, 0.3) is 11.4 Å². The number of fused-ring (bicyclic) bond motifs is 1. The van der Waals surface area contributed by atoms with Crippen molar-refractivity contribution in [3.05, 3.63) is 53.4 Å². The fraction of sp³-hybridized carbons (Fsp3) is 0.286. The lowest BCUT2D eigenvalue weighted by atomic mass is 10.0. The Kier molecular flexibility index (Phi) is 5.82. The third kappa shape index (κ3) is 4.22. The molecule has 1 aliphatic heterocycles. The summed E-state index contributed by atoms with van der Waals surface area (Å²) >= 11 is 5.35. The maximum atomic E-state index is 6.07. The Morgan fingerprint density at radius 1 is 1.30 bits per heavy atom. The third-order valence-corrected chi connectivity index (χ3v) is 4.83. The summed E-state index contributed by atoms with van der Waals surface area (Å²) in [4.78, 5) is 4.55. The van der Waals surface area contributed by atoms with E-state index in [1.54, 1.807) is 6.92 Å². The number of nitrogens with two attached hydrogens (primary N) is 1. The maximum Gasteiger partial charge on any atom is 0.223 e. The summed E-state index contributed by atoms with van der Waals surface area (Å²) in [6.07, 6.45) is 0. The number of thiocarbonyl (C=S) groups is 1. The van der Waals surface area contributed by atoms with Crippen molar-refractivity contribution in [2.75, 3.05) is 18.7 Å². The number of aryl methyl sites for hydroxylation is 1. The van der Waals surface area contributed by atoms with Crippen molar-refractivity contribution in [3.63, 3.8) is 0 Å². The molecule has 2 heterocycles. The molecule has 2 aromatic carbocycles. The molecule has 4 rings (SSSR count). The maximum absolute atomic E-state index is 6.07. The van der Waals surface area contributed by atoms with Crippen LogP contribution in [0.15, 0.2) is 40.9 Å². The van der Waals surface area contributed by atoms with Crippen LogP contribution in [-0.4, -0.2) is 28.5 Å². The van der Waals surface area contributed by atoms with Gasteiger partial charge in [0.1, 0.15) is 11.0 Å². The molecule has 1 atom stereocenters. The monoisotopic (exact) mass is 426 g/mol. The van der Waals surface area contributed by atoms with Gasteiger partial charge in [-0.2, -0.15) is 4.98 Å². The lowest BCUT2D eigenvalue weighted by molar-refractivity contribution is -0.0183. The summed E-state index contributed by atoms with van der Waals surface area (Å²) in [7, 11) is 0. The Morgan fingerprint density at radius 3 is 2.77 bits per heavy atom. The van der Waals surface area contributed by atoms with Crippen LogP contribution in [0.2, 0.25) is 0 Å². The van der Waals surface area contributed by atoms with Crippen LogP contribution in [0.5, 0.6) is 11.5 Å². The van der Waals surface area contributed by atoms with Gasteiger partial charge in [0.25, 0.3) is 0 Å². The number of hydrogen-bond donors (Lipinski definition) is 2. The van der Waals surface area contributed by atoms with Crippen molar-refractivity contribution in [2.24, 2.45) is 5.73 Å². The first kappa shape index (κ1) is 20.1. The molecule has 0 spiro atoms. The highest BCUT2D eigenvalue weighted by atomic mass is 32.1. The van der Waals surface area contributed by atoms with E-state index < -0.39 is 6.04 Å². The predicted molar refractivity (Wildman–Crippen MR) is 116 cm³/mol. The van der Waals surface area contributed by atoms with Gasteiger partial charge in [-0.1, -0.05) is 17.4 Å². The Labute approximate surface area is 179 Å². The van der Waals surface area contributed by atoms with Crippen LogP contribution in [-0.2, 0) is 11.3 Å². The molecule has 3 N–H and O–H groups in total. The van der Waals surface area contributed by atoms with Gasteiger partial charge in [0, 0.05) is 23.7 Å². The smallest absolute Gasteiger partial charge is 0.223 e. The molecule has 0 bridgehead atoms. The van der Waals surface area contributed by atoms with E-state index >= 15 is 0 Å². The topological polar surface area (TPSA) is 105 Å². The average molecular weight is 426 g/mol. The molecular formula is C21H22N4O4S. The minimum atomic E-state index is -0.398. The molecule has 1 aromatic heterocycles. The molecule has 0 fully saturated rings. The molecule has 0 aliphatic carbocycles. The highest BCUT2D eigenvalue weighted by Crippen LogP contribution is 2.38. The number of hydrogen-bond acceptors (Lipinski definition) is 8. The quantitative estimate of drug-likeness (QED) is 0.547. The first-order chi connectivity index (χ1) is 14.5. The van der Waals surface area contributed by atoms with Crippen molar-refractivity contribution in [3.8, 4) is 22.9 Å². The molecule has 156 valence electrons. The first-order valence-electron chi connectivity index (χ1n) is 9.52. The van der Waals surface area contributed by atoms with E-state index in [-0.39, 0.29) is 6.79 Å². The minimum Gasteiger partial charge on any atom is -0.490 e. The SMILES string of the molecule is CCOc1cc(C(Nc2ccc(-c3noc(C)n3)cc2)C(N)=S)cc2c1OCOC2. The van der Waals surface area contributed by atoms with E-state index in [0.717, 1.165) is 22.4 Å². The molecule has 0 radical (unpaired) electrons. The van der Waals surface area contributed by atoms with Crippen LogP contribution in [0.3, 0.4) is 0 Å². The normalized spacial score (nSPS) is 13.8. The van der Waals surface area contributed by atoms with Gasteiger partial charge in [-0.15, -0.1) is 0 Å². The lowest BCUT2D eigenvalue weighted by Crippen LogP contribution is -2.26. The second kappa shape index (κ2) is 8.68. The van der Waals surface area contributed by atoms with E-state index in [2.05, 4.69) is 15.5 Å². The molecule has 1 unspecified atom stereocenters. The number of aromatic nitrogens is 2. The van der Waals surface area contributed by atoms with Gasteiger partial charge in [0.05, 0.1) is 13.2 Å². The van der Waals surface area contributed by atoms with E-state index in [1.807, 2.05) is 43.3 Å². The Hall–Kier alpha value is -3.17. The molecule has 8 nitrogen and oxygen atoms in total. The number of anilines is 1. The zero-order valence-corrected chi connectivity index (χ0v) is 17.5. The lowest BCUT2D eigenvalue weighted by Gasteiger charge is -2.25. The van der Waals surface area contributed by atoms with E-state index in [0.29, 0.717) is 41.4 Å². The summed E-state index contributed by atoms with van der Waals surface area (Å²) in [5, 5.41) is 7.32. The second-order valence-electron chi connectivity index (χ2n) is 6.75. The number of benzene rings is 2. The molecule has 30 heavy (non-hydrogen) atoms. The molecule has 9 heteroatoms. The Bertz CT molecular complexity index is 1050. The highest BCUT2D eigenvalue weighted by Gasteiger charge is 2.23. The highest BCUT2D eigenvalue weighted by molar-refractivity contribution is 7.80. The van der Waals surface area contributed by atoms with Crippen molar-refractivity contribution in [2.45, 2.75) is 26.5 Å². The van der Waals surface area contributed by atoms with Crippen LogP contribution in [0.4, 0.5) is 5.69 Å². The van der Waals surface area contributed by atoms with Crippen LogP contribution in [0, 0.1) is 6.92 Å². The fourth-order valence-electron chi connectivity index (χ4n) is 3.25. The van der Waals surface area contributed by atoms with Gasteiger partial charge in [0.15, 0.2) is 18.3 Å². The zero-order chi connectivity index (χ0) is 21.1. The van der Waals surface area contributed by atoms with Crippen molar-refractivity contribution in [1.29, 1.82) is 0 Å². The van der Waals surface area contributed by atoms with Crippen molar-refractivity contribution >= 4 is 22.9 Å². The van der Waals surface area contributed by atoms with Gasteiger partial charge in [-0.05, 0) is 48.9 Å². The largest absolute Gasteiger partial charge is 0.490 e. The predicted octanol–water partition coefficient (Wildman–Crippen LogP) is 3.75. The van der Waals surface area contributed by atoms with Gasteiger partial charge < -0.3 is 29.8 Å². The van der Waals surface area contributed by atoms with E-state index in [1.165, 1.54) is 0 Å². The number of nitrogens with one attached hydrogen (secondary N) is 1. The van der Waals surface area contributed by atoms with Gasteiger partial charge in [-0.3, -0.25) is 0 Å². The summed E-state index contributed by atoms with van der Waals surface area (Å²) in [5.41, 5.74) is 9.54. The molecule has 0 amide bonds. The number of nitrogens with zero attached hydrogens (tertiary/aromatic N) is 2. The van der Waals surface area contributed by atoms with Crippen LogP contribution < -0.4 is 20.5 Å². The second-order valence-corrected chi connectivity index (χ2v) is 7.22. The van der Waals surface area contributed by atoms with Gasteiger partial charge >= 0.3 is 0 Å². The van der Waals surface area contributed by atoms with Crippen LogP contribution >= 0.6 is 12.2 Å². The van der Waals surface area contributed by atoms with E-state index in [4.69, 9.17) is 36.7 Å². The minimum absolute atomic E-state index is 0.204. The Balaban J connectivity index is 1.61.